The van der Waals surface area contributed by atoms with Crippen LogP contribution in [0.3, 0.4) is 0 Å². The summed E-state index contributed by atoms with van der Waals surface area (Å²) in [6.07, 6.45) is 3.02. The SMILES string of the molecule is CNC(=O)c1cc(-c2ccccc2)n(CCCN2CCOCC2)c1. The highest BCUT2D eigenvalue weighted by Crippen LogP contribution is 2.23. The van der Waals surface area contributed by atoms with Crippen molar-refractivity contribution in [2.75, 3.05) is 39.9 Å². The van der Waals surface area contributed by atoms with E-state index < -0.39 is 0 Å². The van der Waals surface area contributed by atoms with Gasteiger partial charge in [-0.3, -0.25) is 9.69 Å². The van der Waals surface area contributed by atoms with E-state index in [2.05, 4.69) is 26.9 Å². The van der Waals surface area contributed by atoms with E-state index in [0.717, 1.165) is 57.1 Å². The number of aromatic nitrogens is 1. The van der Waals surface area contributed by atoms with Crippen molar-refractivity contribution in [3.63, 3.8) is 0 Å². The van der Waals surface area contributed by atoms with Crippen LogP contribution in [0.4, 0.5) is 0 Å². The Morgan fingerprint density at radius 1 is 1.17 bits per heavy atom. The van der Waals surface area contributed by atoms with Gasteiger partial charge < -0.3 is 14.6 Å². The van der Waals surface area contributed by atoms with Crippen molar-refractivity contribution in [3.05, 3.63) is 48.2 Å². The van der Waals surface area contributed by atoms with Crippen molar-refractivity contribution in [2.24, 2.45) is 0 Å². The molecule has 0 radical (unpaired) electrons. The third kappa shape index (κ3) is 4.04. The van der Waals surface area contributed by atoms with Crippen molar-refractivity contribution >= 4 is 5.91 Å². The lowest BCUT2D eigenvalue weighted by Crippen LogP contribution is -2.37. The van der Waals surface area contributed by atoms with E-state index >= 15 is 0 Å². The molecule has 1 saturated heterocycles. The zero-order chi connectivity index (χ0) is 16.8. The average Bonchev–Trinajstić information content (AvgIpc) is 3.07. The predicted molar refractivity (Wildman–Crippen MR) is 95.1 cm³/mol. The number of hydrogen-bond donors (Lipinski definition) is 1. The molecule has 1 fully saturated rings. The van der Waals surface area contributed by atoms with Crippen LogP contribution in [0.5, 0.6) is 0 Å². The van der Waals surface area contributed by atoms with Gasteiger partial charge in [0.25, 0.3) is 5.91 Å². The molecule has 24 heavy (non-hydrogen) atoms. The second kappa shape index (κ2) is 8.13. The maximum absolute atomic E-state index is 12.0. The molecule has 0 bridgehead atoms. The summed E-state index contributed by atoms with van der Waals surface area (Å²) in [6.45, 7) is 5.66. The third-order valence-corrected chi connectivity index (χ3v) is 4.43. The number of nitrogens with one attached hydrogen (secondary N) is 1. The van der Waals surface area contributed by atoms with Crippen molar-refractivity contribution in [3.8, 4) is 11.3 Å². The second-order valence-electron chi connectivity index (χ2n) is 6.06. The first kappa shape index (κ1) is 16.7. The molecule has 1 aromatic heterocycles. The highest BCUT2D eigenvalue weighted by molar-refractivity contribution is 5.95. The summed E-state index contributed by atoms with van der Waals surface area (Å²) < 4.78 is 7.59. The molecule has 0 spiro atoms. The third-order valence-electron chi connectivity index (χ3n) is 4.43. The van der Waals surface area contributed by atoms with Crippen LogP contribution in [0.25, 0.3) is 11.3 Å². The quantitative estimate of drug-likeness (QED) is 0.885. The zero-order valence-electron chi connectivity index (χ0n) is 14.2. The van der Waals surface area contributed by atoms with Crippen LogP contribution in [0.15, 0.2) is 42.6 Å². The minimum absolute atomic E-state index is 0.0425. The smallest absolute Gasteiger partial charge is 0.252 e. The molecule has 1 aromatic carbocycles. The van der Waals surface area contributed by atoms with Gasteiger partial charge in [-0.25, -0.2) is 0 Å². The number of aryl methyl sites for hydroxylation is 1. The first-order chi connectivity index (χ1) is 11.8. The van der Waals surface area contributed by atoms with Crippen LogP contribution in [-0.2, 0) is 11.3 Å². The van der Waals surface area contributed by atoms with Crippen molar-refractivity contribution in [1.82, 2.24) is 14.8 Å². The molecule has 1 aliphatic rings. The molecule has 2 heterocycles. The molecule has 0 saturated carbocycles. The molecule has 5 nitrogen and oxygen atoms in total. The van der Waals surface area contributed by atoms with Gasteiger partial charge in [0.2, 0.25) is 0 Å². The molecule has 1 N–H and O–H groups in total. The second-order valence-corrected chi connectivity index (χ2v) is 6.06. The molecular weight excluding hydrogens is 302 g/mol. The molecule has 0 atom stereocenters. The Bertz CT molecular complexity index is 661. The highest BCUT2D eigenvalue weighted by Gasteiger charge is 2.14. The van der Waals surface area contributed by atoms with Gasteiger partial charge in [0.1, 0.15) is 0 Å². The monoisotopic (exact) mass is 327 g/mol. The van der Waals surface area contributed by atoms with Crippen molar-refractivity contribution in [1.29, 1.82) is 0 Å². The van der Waals surface area contributed by atoms with Gasteiger partial charge in [0.05, 0.1) is 18.8 Å². The number of amides is 1. The largest absolute Gasteiger partial charge is 0.379 e. The molecular formula is C19H25N3O2. The molecule has 3 rings (SSSR count). The highest BCUT2D eigenvalue weighted by atomic mass is 16.5. The lowest BCUT2D eigenvalue weighted by molar-refractivity contribution is 0.0369. The summed E-state index contributed by atoms with van der Waals surface area (Å²) in [5.41, 5.74) is 2.94. The van der Waals surface area contributed by atoms with E-state index in [-0.39, 0.29) is 5.91 Å². The van der Waals surface area contributed by atoms with E-state index in [0.29, 0.717) is 5.56 Å². The molecule has 2 aromatic rings. The Hall–Kier alpha value is -2.11. The summed E-state index contributed by atoms with van der Waals surface area (Å²) in [7, 11) is 1.67. The maximum Gasteiger partial charge on any atom is 0.252 e. The fourth-order valence-corrected chi connectivity index (χ4v) is 3.11. The number of hydrogen-bond acceptors (Lipinski definition) is 3. The molecule has 5 heteroatoms. The number of morpholine rings is 1. The van der Waals surface area contributed by atoms with Gasteiger partial charge in [-0.15, -0.1) is 0 Å². The summed E-state index contributed by atoms with van der Waals surface area (Å²) in [4.78, 5) is 14.4. The fourth-order valence-electron chi connectivity index (χ4n) is 3.11. The Labute approximate surface area is 143 Å². The first-order valence-corrected chi connectivity index (χ1v) is 8.55. The lowest BCUT2D eigenvalue weighted by Gasteiger charge is -2.26. The van der Waals surface area contributed by atoms with Gasteiger partial charge in [0, 0.05) is 45.1 Å². The van der Waals surface area contributed by atoms with Crippen molar-refractivity contribution < 1.29 is 9.53 Å². The molecule has 128 valence electrons. The number of rotatable bonds is 6. The summed E-state index contributed by atoms with van der Waals surface area (Å²) in [5.74, 6) is -0.0425. The maximum atomic E-state index is 12.0. The van der Waals surface area contributed by atoms with Crippen LogP contribution < -0.4 is 5.32 Å². The van der Waals surface area contributed by atoms with Crippen LogP contribution in [0.2, 0.25) is 0 Å². The zero-order valence-corrected chi connectivity index (χ0v) is 14.2. The van der Waals surface area contributed by atoms with E-state index in [4.69, 9.17) is 4.74 Å². The minimum atomic E-state index is -0.0425. The Balaban J connectivity index is 1.72. The summed E-state index contributed by atoms with van der Waals surface area (Å²) in [5, 5.41) is 2.71. The first-order valence-electron chi connectivity index (χ1n) is 8.55. The summed E-state index contributed by atoms with van der Waals surface area (Å²) in [6, 6.07) is 12.2. The van der Waals surface area contributed by atoms with Gasteiger partial charge in [-0.05, 0) is 18.1 Å². The van der Waals surface area contributed by atoms with E-state index in [1.165, 1.54) is 0 Å². The number of benzene rings is 1. The summed E-state index contributed by atoms with van der Waals surface area (Å²) >= 11 is 0. The average molecular weight is 327 g/mol. The van der Waals surface area contributed by atoms with Crippen LogP contribution in [0.1, 0.15) is 16.8 Å². The van der Waals surface area contributed by atoms with Crippen LogP contribution >= 0.6 is 0 Å². The van der Waals surface area contributed by atoms with Crippen molar-refractivity contribution in [2.45, 2.75) is 13.0 Å². The number of nitrogens with zero attached hydrogens (tertiary/aromatic N) is 2. The van der Waals surface area contributed by atoms with E-state index in [1.54, 1.807) is 7.05 Å². The normalized spacial score (nSPS) is 15.4. The molecule has 0 unspecified atom stereocenters. The van der Waals surface area contributed by atoms with Crippen LogP contribution in [-0.4, -0.2) is 55.3 Å². The standard InChI is InChI=1S/C19H25N3O2/c1-20-19(23)17-14-18(16-6-3-2-4-7-16)22(15-17)9-5-8-21-10-12-24-13-11-21/h2-4,6-7,14-15H,5,8-13H2,1H3,(H,20,23). The Morgan fingerprint density at radius 3 is 2.62 bits per heavy atom. The minimum Gasteiger partial charge on any atom is -0.379 e. The molecule has 0 aliphatic carbocycles. The van der Waals surface area contributed by atoms with Crippen LogP contribution in [0, 0.1) is 0 Å². The van der Waals surface area contributed by atoms with Gasteiger partial charge in [-0.1, -0.05) is 30.3 Å². The Morgan fingerprint density at radius 2 is 1.92 bits per heavy atom. The van der Waals surface area contributed by atoms with Gasteiger partial charge >= 0.3 is 0 Å². The van der Waals surface area contributed by atoms with E-state index in [1.807, 2.05) is 30.5 Å². The van der Waals surface area contributed by atoms with Gasteiger partial charge in [-0.2, -0.15) is 0 Å². The number of carbonyl (C=O) groups is 1. The topological polar surface area (TPSA) is 46.5 Å². The molecule has 1 amide bonds. The van der Waals surface area contributed by atoms with Gasteiger partial charge in [0.15, 0.2) is 0 Å². The Kier molecular flexibility index (Phi) is 5.67. The fraction of sp³-hybridized carbons (Fsp3) is 0.421. The van der Waals surface area contributed by atoms with E-state index in [9.17, 15) is 4.79 Å². The molecule has 1 aliphatic heterocycles. The number of ether oxygens (including phenoxy) is 1. The number of carbonyl (C=O) groups excluding carboxylic acids is 1. The predicted octanol–water partition coefficient (Wildman–Crippen LogP) is 2.24. The lowest BCUT2D eigenvalue weighted by atomic mass is 10.1.